The van der Waals surface area contributed by atoms with Crippen molar-refractivity contribution in [2.45, 2.75) is 18.3 Å². The number of rotatable bonds is 9. The number of piperazine rings is 1. The van der Waals surface area contributed by atoms with Crippen LogP contribution in [0.2, 0.25) is 0 Å². The number of nitrogens with zero attached hydrogens (tertiary/aromatic N) is 5. The van der Waals surface area contributed by atoms with Crippen LogP contribution in [0.3, 0.4) is 0 Å². The van der Waals surface area contributed by atoms with E-state index in [-0.39, 0.29) is 56.2 Å². The van der Waals surface area contributed by atoms with Crippen molar-refractivity contribution in [3.05, 3.63) is 102 Å². The first-order valence-corrected chi connectivity index (χ1v) is 13.2. The van der Waals surface area contributed by atoms with E-state index in [1.54, 1.807) is 21.9 Å². The number of amides is 1. The number of halogens is 5. The van der Waals surface area contributed by atoms with Gasteiger partial charge in [0.15, 0.2) is 0 Å². The summed E-state index contributed by atoms with van der Waals surface area (Å²) in [7, 11) is 0. The van der Waals surface area contributed by atoms with Crippen LogP contribution >= 0.6 is 0 Å². The average Bonchev–Trinajstić information content (AvgIpc) is 3.66. The molecule has 14 heteroatoms. The maximum Gasteiger partial charge on any atom is 0.418 e. The van der Waals surface area contributed by atoms with E-state index >= 15 is 0 Å². The second-order valence-electron chi connectivity index (χ2n) is 10.1. The summed E-state index contributed by atoms with van der Waals surface area (Å²) in [5, 5.41) is 18.0. The van der Waals surface area contributed by atoms with Crippen molar-refractivity contribution in [2.75, 3.05) is 42.9 Å². The highest BCUT2D eigenvalue weighted by molar-refractivity contribution is 6.01. The van der Waals surface area contributed by atoms with Crippen molar-refractivity contribution in [2.24, 2.45) is 0 Å². The van der Waals surface area contributed by atoms with Crippen LogP contribution in [0.4, 0.5) is 33.3 Å². The highest BCUT2D eigenvalue weighted by Gasteiger charge is 2.38. The van der Waals surface area contributed by atoms with Gasteiger partial charge in [-0.15, -0.1) is 0 Å². The molecule has 1 unspecified atom stereocenters. The van der Waals surface area contributed by atoms with Crippen LogP contribution in [0.1, 0.15) is 16.9 Å². The van der Waals surface area contributed by atoms with Crippen LogP contribution in [0.15, 0.2) is 77.9 Å². The summed E-state index contributed by atoms with van der Waals surface area (Å²) in [4.78, 5) is 19.4. The van der Waals surface area contributed by atoms with Crippen LogP contribution in [0, 0.1) is 11.6 Å². The molecule has 0 saturated carbocycles. The van der Waals surface area contributed by atoms with Crippen LogP contribution in [0.25, 0.3) is 6.08 Å². The molecule has 0 aliphatic carbocycles. The molecule has 0 spiro atoms. The zero-order valence-electron chi connectivity index (χ0n) is 22.6. The molecule has 1 saturated heterocycles. The van der Waals surface area contributed by atoms with Gasteiger partial charge in [-0.1, -0.05) is 6.07 Å². The fraction of sp³-hybridized carbons (Fsp3) is 0.276. The Hall–Kier alpha value is -4.56. The summed E-state index contributed by atoms with van der Waals surface area (Å²) in [6, 6.07) is 9.73. The monoisotopic (exact) mass is 602 g/mol. The van der Waals surface area contributed by atoms with Crippen LogP contribution < -0.4 is 10.2 Å². The van der Waals surface area contributed by atoms with Crippen LogP contribution in [-0.2, 0) is 23.1 Å². The molecule has 5 rings (SSSR count). The fourth-order valence-corrected chi connectivity index (χ4v) is 5.03. The third-order valence-electron chi connectivity index (χ3n) is 7.03. The van der Waals surface area contributed by atoms with E-state index < -0.39 is 34.9 Å². The number of furan rings is 1. The van der Waals surface area contributed by atoms with Gasteiger partial charge in [-0.3, -0.25) is 9.69 Å². The SMILES string of the molecule is O=C(/C=C/c1ccco1)Nc1ccc(N2CCN(CC(O)(Cn3cncn3)c3ccc(F)cc3F)CC2)c(C(F)(F)F)c1. The van der Waals surface area contributed by atoms with E-state index in [1.807, 2.05) is 0 Å². The highest BCUT2D eigenvalue weighted by Crippen LogP contribution is 2.39. The molecule has 2 aromatic carbocycles. The van der Waals surface area contributed by atoms with E-state index in [4.69, 9.17) is 4.42 Å². The summed E-state index contributed by atoms with van der Waals surface area (Å²) in [6.45, 7) is 0.563. The number of aliphatic hydroxyl groups is 1. The number of carbonyl (C=O) groups is 1. The molecular weight excluding hydrogens is 575 g/mol. The van der Waals surface area contributed by atoms with E-state index in [9.17, 15) is 31.9 Å². The lowest BCUT2D eigenvalue weighted by atomic mass is 9.92. The second kappa shape index (κ2) is 12.4. The molecule has 0 radical (unpaired) electrons. The standard InChI is InChI=1S/C29H27F5N6O3/c30-20-3-6-23(25(31)14-20)28(42,17-40-19-35-18-36-40)16-38-9-11-39(12-10-38)26-7-4-21(15-24(26)29(32,33)34)37-27(41)8-5-22-2-1-13-43-22/h1-8,13-15,18-19,42H,9-12,16-17H2,(H,37,41)/b8-5+. The Bertz CT molecular complexity index is 1570. The Morgan fingerprint density at radius 2 is 1.81 bits per heavy atom. The molecule has 1 aliphatic heterocycles. The molecule has 2 N–H and O–H groups in total. The number of aromatic nitrogens is 3. The zero-order valence-corrected chi connectivity index (χ0v) is 22.6. The Morgan fingerprint density at radius 1 is 1.02 bits per heavy atom. The number of hydrogen-bond acceptors (Lipinski definition) is 7. The van der Waals surface area contributed by atoms with Crippen molar-refractivity contribution in [1.29, 1.82) is 0 Å². The number of alkyl halides is 3. The molecule has 9 nitrogen and oxygen atoms in total. The minimum Gasteiger partial charge on any atom is -0.465 e. The lowest BCUT2D eigenvalue weighted by molar-refractivity contribution is -0.137. The lowest BCUT2D eigenvalue weighted by Crippen LogP contribution is -2.52. The van der Waals surface area contributed by atoms with Gasteiger partial charge in [0.1, 0.15) is 35.7 Å². The summed E-state index contributed by atoms with van der Waals surface area (Å²) in [5.41, 5.74) is -2.97. The Kier molecular flexibility index (Phi) is 8.59. The van der Waals surface area contributed by atoms with E-state index in [2.05, 4.69) is 15.4 Å². The van der Waals surface area contributed by atoms with Gasteiger partial charge < -0.3 is 19.7 Å². The number of carbonyl (C=O) groups excluding carboxylic acids is 1. The van der Waals surface area contributed by atoms with Crippen molar-refractivity contribution in [1.82, 2.24) is 19.7 Å². The quantitative estimate of drug-likeness (QED) is 0.215. The van der Waals surface area contributed by atoms with Gasteiger partial charge >= 0.3 is 6.18 Å². The number of benzene rings is 2. The Labute approximate surface area is 242 Å². The smallest absolute Gasteiger partial charge is 0.418 e. The normalized spacial score (nSPS) is 16.0. The van der Waals surface area contributed by atoms with Gasteiger partial charge in [0.25, 0.3) is 0 Å². The molecule has 1 atom stereocenters. The summed E-state index contributed by atoms with van der Waals surface area (Å²) < 4.78 is 77.1. The first-order valence-electron chi connectivity index (χ1n) is 13.2. The first-order chi connectivity index (χ1) is 20.5. The maximum atomic E-state index is 14.8. The van der Waals surface area contributed by atoms with Crippen molar-refractivity contribution in [3.8, 4) is 0 Å². The largest absolute Gasteiger partial charge is 0.465 e. The molecule has 1 aliphatic rings. The van der Waals surface area contributed by atoms with Gasteiger partial charge in [-0.25, -0.2) is 18.4 Å². The van der Waals surface area contributed by atoms with Gasteiger partial charge in [-0.05, 0) is 42.5 Å². The van der Waals surface area contributed by atoms with E-state index in [1.165, 1.54) is 47.9 Å². The molecule has 3 heterocycles. The number of hydrogen-bond donors (Lipinski definition) is 2. The van der Waals surface area contributed by atoms with Gasteiger partial charge in [0.05, 0.1) is 18.4 Å². The zero-order chi connectivity index (χ0) is 30.6. The molecule has 2 aromatic heterocycles. The predicted molar refractivity (Wildman–Crippen MR) is 147 cm³/mol. The van der Waals surface area contributed by atoms with Crippen LogP contribution in [-0.4, -0.2) is 63.4 Å². The number of nitrogens with one attached hydrogen (secondary N) is 1. The topological polar surface area (TPSA) is 99.7 Å². The molecule has 1 amide bonds. The fourth-order valence-electron chi connectivity index (χ4n) is 5.03. The van der Waals surface area contributed by atoms with Crippen molar-refractivity contribution < 1.29 is 36.3 Å². The molecule has 0 bridgehead atoms. The molecular formula is C29H27F5N6O3. The van der Waals surface area contributed by atoms with Gasteiger partial charge in [0, 0.05) is 61.8 Å². The maximum absolute atomic E-state index is 14.8. The van der Waals surface area contributed by atoms with Gasteiger partial charge in [0.2, 0.25) is 5.91 Å². The molecule has 1 fully saturated rings. The molecule has 226 valence electrons. The average molecular weight is 603 g/mol. The molecule has 4 aromatic rings. The summed E-state index contributed by atoms with van der Waals surface area (Å²) >= 11 is 0. The predicted octanol–water partition coefficient (Wildman–Crippen LogP) is 4.53. The number of β-amino-alcohol motifs (C(OH)–C–C–N with tert-alkyl or cyclic N) is 1. The summed E-state index contributed by atoms with van der Waals surface area (Å²) in [6.07, 6.45) is 1.88. The Morgan fingerprint density at radius 3 is 2.47 bits per heavy atom. The van der Waals surface area contributed by atoms with E-state index in [0.29, 0.717) is 11.8 Å². The third-order valence-corrected chi connectivity index (χ3v) is 7.03. The summed E-state index contributed by atoms with van der Waals surface area (Å²) in [5.74, 6) is -1.93. The molecule has 43 heavy (non-hydrogen) atoms. The first kappa shape index (κ1) is 29.9. The van der Waals surface area contributed by atoms with Crippen molar-refractivity contribution >= 4 is 23.4 Å². The van der Waals surface area contributed by atoms with E-state index in [0.717, 1.165) is 18.2 Å². The lowest BCUT2D eigenvalue weighted by Gasteiger charge is -2.41. The minimum absolute atomic E-state index is 0.0247. The third kappa shape index (κ3) is 7.27. The minimum atomic E-state index is -4.70. The second-order valence-corrected chi connectivity index (χ2v) is 10.1. The Balaban J connectivity index is 1.29. The van der Waals surface area contributed by atoms with Crippen molar-refractivity contribution in [3.63, 3.8) is 0 Å². The van der Waals surface area contributed by atoms with Gasteiger partial charge in [-0.2, -0.15) is 18.3 Å². The van der Waals surface area contributed by atoms with Crippen LogP contribution in [0.5, 0.6) is 0 Å². The highest BCUT2D eigenvalue weighted by atomic mass is 19.4. The number of anilines is 2.